The summed E-state index contributed by atoms with van der Waals surface area (Å²) in [5.41, 5.74) is 4.49. The van der Waals surface area contributed by atoms with Crippen molar-refractivity contribution in [1.82, 2.24) is 4.98 Å². The summed E-state index contributed by atoms with van der Waals surface area (Å²) in [7, 11) is 3.26. The second-order valence-electron chi connectivity index (χ2n) is 8.47. The van der Waals surface area contributed by atoms with Crippen LogP contribution in [0, 0.1) is 11.6 Å². The van der Waals surface area contributed by atoms with Crippen molar-refractivity contribution in [1.29, 1.82) is 0 Å². The van der Waals surface area contributed by atoms with Gasteiger partial charge in [-0.25, -0.2) is 8.78 Å². The van der Waals surface area contributed by atoms with Crippen LogP contribution >= 0.6 is 0 Å². The molecule has 0 unspecified atom stereocenters. The summed E-state index contributed by atoms with van der Waals surface area (Å²) in [4.78, 5) is 6.71. The fourth-order valence-corrected chi connectivity index (χ4v) is 5.00. The molecule has 1 saturated heterocycles. The smallest absolute Gasteiger partial charge is 0.162 e. The van der Waals surface area contributed by atoms with E-state index in [2.05, 4.69) is 5.32 Å². The Morgan fingerprint density at radius 2 is 1.69 bits per heavy atom. The summed E-state index contributed by atoms with van der Waals surface area (Å²) in [5, 5.41) is 4.78. The average molecular weight is 440 g/mol. The van der Waals surface area contributed by atoms with E-state index in [0.717, 1.165) is 54.4 Å². The van der Waals surface area contributed by atoms with E-state index in [-0.39, 0.29) is 11.7 Å². The van der Waals surface area contributed by atoms with Crippen LogP contribution < -0.4 is 19.7 Å². The summed E-state index contributed by atoms with van der Waals surface area (Å²) in [6.45, 7) is 1.19. The molecule has 1 aromatic heterocycles. The molecule has 168 valence electrons. The molecular formula is C25H27F2N3O2. The first-order valence-corrected chi connectivity index (χ1v) is 11.1. The minimum atomic E-state index is -0.504. The molecule has 3 aromatic rings. The number of piperidine rings is 1. The van der Waals surface area contributed by atoms with Crippen LogP contribution in [0.3, 0.4) is 0 Å². The van der Waals surface area contributed by atoms with E-state index < -0.39 is 11.6 Å². The maximum atomic E-state index is 14.2. The number of methoxy groups -OCH3 is 2. The van der Waals surface area contributed by atoms with Gasteiger partial charge in [-0.1, -0.05) is 6.07 Å². The standard InChI is InChI=1S/C25H27F2N3O2/c1-31-22-13-17-21(14-23(22)32-2)29-20-8-3-5-16(20)24(17)28-15-9-11-30(12-10-15)25-18(26)6-4-7-19(25)27/h4,6-7,13-15H,3,5,8-12H2,1-2H3,(H,28,29). The van der Waals surface area contributed by atoms with Crippen molar-refractivity contribution < 1.29 is 18.3 Å². The predicted molar refractivity (Wildman–Crippen MR) is 122 cm³/mol. The number of anilines is 2. The average Bonchev–Trinajstić information content (AvgIpc) is 3.27. The van der Waals surface area contributed by atoms with Gasteiger partial charge in [0, 0.05) is 42.0 Å². The van der Waals surface area contributed by atoms with E-state index >= 15 is 0 Å². The molecule has 1 N–H and O–H groups in total. The van der Waals surface area contributed by atoms with Gasteiger partial charge in [0.15, 0.2) is 11.5 Å². The molecule has 0 atom stereocenters. The molecule has 2 heterocycles. The van der Waals surface area contributed by atoms with Crippen LogP contribution in [-0.2, 0) is 12.8 Å². The topological polar surface area (TPSA) is 46.6 Å². The number of aryl methyl sites for hydroxylation is 1. The van der Waals surface area contributed by atoms with Crippen LogP contribution in [0.1, 0.15) is 30.5 Å². The Morgan fingerprint density at radius 1 is 1.00 bits per heavy atom. The summed E-state index contributed by atoms with van der Waals surface area (Å²) >= 11 is 0. The highest BCUT2D eigenvalue weighted by Crippen LogP contribution is 2.40. The highest BCUT2D eigenvalue weighted by atomic mass is 19.1. The lowest BCUT2D eigenvalue weighted by Gasteiger charge is -2.35. The van der Waals surface area contributed by atoms with Gasteiger partial charge in [0.05, 0.1) is 19.7 Å². The number of hydrogen-bond acceptors (Lipinski definition) is 5. The number of ether oxygens (including phenoxy) is 2. The number of nitrogens with one attached hydrogen (secondary N) is 1. The third kappa shape index (κ3) is 3.59. The fourth-order valence-electron chi connectivity index (χ4n) is 5.00. The normalized spacial score (nSPS) is 16.3. The summed E-state index contributed by atoms with van der Waals surface area (Å²) < 4.78 is 39.4. The summed E-state index contributed by atoms with van der Waals surface area (Å²) in [6.07, 6.45) is 4.64. The molecule has 0 saturated carbocycles. The van der Waals surface area contributed by atoms with Crippen LogP contribution in [0.5, 0.6) is 11.5 Å². The number of pyridine rings is 1. The second-order valence-corrected chi connectivity index (χ2v) is 8.47. The minimum absolute atomic E-state index is 0.0815. The maximum Gasteiger partial charge on any atom is 0.162 e. The van der Waals surface area contributed by atoms with Gasteiger partial charge in [0.1, 0.15) is 17.3 Å². The van der Waals surface area contributed by atoms with Gasteiger partial charge >= 0.3 is 0 Å². The first kappa shape index (κ1) is 20.8. The van der Waals surface area contributed by atoms with Crippen LogP contribution in [0.2, 0.25) is 0 Å². The third-order valence-electron chi connectivity index (χ3n) is 6.61. The lowest BCUT2D eigenvalue weighted by Crippen LogP contribution is -2.40. The van der Waals surface area contributed by atoms with E-state index in [1.54, 1.807) is 14.2 Å². The molecule has 1 fully saturated rings. The van der Waals surface area contributed by atoms with Gasteiger partial charge in [-0.15, -0.1) is 0 Å². The molecule has 2 aliphatic rings. The predicted octanol–water partition coefficient (Wildman–Crippen LogP) is 5.10. The number of rotatable bonds is 5. The van der Waals surface area contributed by atoms with Gasteiger partial charge in [-0.05, 0) is 55.9 Å². The van der Waals surface area contributed by atoms with E-state index in [9.17, 15) is 8.78 Å². The van der Waals surface area contributed by atoms with Crippen LogP contribution in [0.4, 0.5) is 20.2 Å². The van der Waals surface area contributed by atoms with Crippen molar-refractivity contribution in [3.8, 4) is 11.5 Å². The molecule has 2 aromatic carbocycles. The highest BCUT2D eigenvalue weighted by molar-refractivity contribution is 5.96. The lowest BCUT2D eigenvalue weighted by molar-refractivity contribution is 0.356. The van der Waals surface area contributed by atoms with Crippen molar-refractivity contribution in [3.63, 3.8) is 0 Å². The Kier molecular flexibility index (Phi) is 5.49. The molecule has 1 aliphatic carbocycles. The van der Waals surface area contributed by atoms with Crippen LogP contribution in [0.15, 0.2) is 30.3 Å². The Morgan fingerprint density at radius 3 is 2.38 bits per heavy atom. The molecule has 5 rings (SSSR count). The van der Waals surface area contributed by atoms with Crippen molar-refractivity contribution in [3.05, 3.63) is 53.2 Å². The molecule has 5 nitrogen and oxygen atoms in total. The van der Waals surface area contributed by atoms with Crippen molar-refractivity contribution in [2.45, 2.75) is 38.1 Å². The molecule has 7 heteroatoms. The van der Waals surface area contributed by atoms with Gasteiger partial charge in [-0.3, -0.25) is 4.98 Å². The van der Waals surface area contributed by atoms with Gasteiger partial charge in [-0.2, -0.15) is 0 Å². The molecule has 0 radical (unpaired) electrons. The monoisotopic (exact) mass is 439 g/mol. The zero-order valence-electron chi connectivity index (χ0n) is 18.4. The zero-order valence-corrected chi connectivity index (χ0v) is 18.4. The molecule has 0 bridgehead atoms. The van der Waals surface area contributed by atoms with Crippen molar-refractivity contribution in [2.24, 2.45) is 0 Å². The van der Waals surface area contributed by atoms with Gasteiger partial charge in [0.25, 0.3) is 0 Å². The van der Waals surface area contributed by atoms with Crippen LogP contribution in [-0.4, -0.2) is 38.3 Å². The molecular weight excluding hydrogens is 412 g/mol. The van der Waals surface area contributed by atoms with E-state index in [4.69, 9.17) is 14.5 Å². The number of benzene rings is 2. The Bertz CT molecular complexity index is 1140. The number of fused-ring (bicyclic) bond motifs is 2. The number of aromatic nitrogens is 1. The van der Waals surface area contributed by atoms with E-state index in [0.29, 0.717) is 24.6 Å². The largest absolute Gasteiger partial charge is 0.493 e. The molecule has 1 aliphatic heterocycles. The molecule has 0 amide bonds. The number of hydrogen-bond donors (Lipinski definition) is 1. The van der Waals surface area contributed by atoms with E-state index in [1.165, 1.54) is 23.8 Å². The quantitative estimate of drug-likeness (QED) is 0.599. The second kappa shape index (κ2) is 8.45. The van der Waals surface area contributed by atoms with Crippen LogP contribution in [0.25, 0.3) is 10.9 Å². The van der Waals surface area contributed by atoms with Crippen molar-refractivity contribution in [2.75, 3.05) is 37.5 Å². The number of para-hydroxylation sites is 1. The highest BCUT2D eigenvalue weighted by Gasteiger charge is 2.27. The minimum Gasteiger partial charge on any atom is -0.493 e. The zero-order chi connectivity index (χ0) is 22.2. The maximum absolute atomic E-state index is 14.2. The number of halogens is 2. The first-order valence-electron chi connectivity index (χ1n) is 11.1. The van der Waals surface area contributed by atoms with Gasteiger partial charge < -0.3 is 19.7 Å². The van der Waals surface area contributed by atoms with E-state index in [1.807, 2.05) is 17.0 Å². The SMILES string of the molecule is COc1cc2nc3c(c(NC4CCN(c5c(F)cccc5F)CC4)c2cc1OC)CCC3. The lowest BCUT2D eigenvalue weighted by atomic mass is 10.0. The molecule has 0 spiro atoms. The van der Waals surface area contributed by atoms with Gasteiger partial charge in [0.2, 0.25) is 0 Å². The molecule has 32 heavy (non-hydrogen) atoms. The Labute approximate surface area is 186 Å². The van der Waals surface area contributed by atoms with Crippen molar-refractivity contribution >= 4 is 22.3 Å². The third-order valence-corrected chi connectivity index (χ3v) is 6.61. The fraction of sp³-hybridized carbons (Fsp3) is 0.400. The summed E-state index contributed by atoms with van der Waals surface area (Å²) in [5.74, 6) is 0.329. The first-order chi connectivity index (χ1) is 15.6. The summed E-state index contributed by atoms with van der Waals surface area (Å²) in [6, 6.07) is 8.17. The Hall–Kier alpha value is -3.09. The Balaban J connectivity index is 1.43. The number of nitrogens with zero attached hydrogens (tertiary/aromatic N) is 2.